The van der Waals surface area contributed by atoms with Crippen LogP contribution >= 0.6 is 0 Å². The molecular weight excluding hydrogens is 308 g/mol. The molecule has 7 heteroatoms. The van der Waals surface area contributed by atoms with Crippen molar-refractivity contribution in [3.8, 4) is 0 Å². The highest BCUT2D eigenvalue weighted by atomic mass is 16.6. The Labute approximate surface area is 142 Å². The summed E-state index contributed by atoms with van der Waals surface area (Å²) in [6.07, 6.45) is 4.37. The molecule has 0 saturated carbocycles. The topological polar surface area (TPSA) is 96.1 Å². The average molecular weight is 336 g/mol. The van der Waals surface area contributed by atoms with Crippen molar-refractivity contribution in [2.24, 2.45) is 0 Å². The Kier molecular flexibility index (Phi) is 6.36. The molecule has 0 aliphatic heterocycles. The molecule has 0 saturated heterocycles. The first-order valence-electron chi connectivity index (χ1n) is 8.64. The fraction of sp³-hybridized carbons (Fsp3) is 0.706. The molecule has 2 rings (SSSR count). The van der Waals surface area contributed by atoms with Gasteiger partial charge >= 0.3 is 6.09 Å². The van der Waals surface area contributed by atoms with Crippen LogP contribution in [0.1, 0.15) is 50.4 Å². The Morgan fingerprint density at radius 3 is 2.58 bits per heavy atom. The molecule has 1 aromatic heterocycles. The Hall–Kier alpha value is -1.89. The van der Waals surface area contributed by atoms with Crippen molar-refractivity contribution in [1.29, 1.82) is 0 Å². The van der Waals surface area contributed by atoms with Gasteiger partial charge in [-0.3, -0.25) is 4.79 Å². The maximum absolute atomic E-state index is 11.8. The monoisotopic (exact) mass is 336 g/mol. The van der Waals surface area contributed by atoms with Gasteiger partial charge in [-0.15, -0.1) is 0 Å². The molecule has 0 aromatic carbocycles. The number of H-pyrrole nitrogens is 1. The normalized spacial score (nSPS) is 14.1. The van der Waals surface area contributed by atoms with Crippen molar-refractivity contribution in [2.75, 3.05) is 19.6 Å². The first kappa shape index (κ1) is 18.4. The molecule has 1 heterocycles. The van der Waals surface area contributed by atoms with Crippen LogP contribution < -0.4 is 16.2 Å². The minimum absolute atomic E-state index is 0.0389. The molecule has 0 atom stereocenters. The molecule has 0 unspecified atom stereocenters. The van der Waals surface area contributed by atoms with Crippen LogP contribution in [0.5, 0.6) is 0 Å². The summed E-state index contributed by atoms with van der Waals surface area (Å²) in [5.74, 6) is 0. The van der Waals surface area contributed by atoms with Crippen LogP contribution in [-0.4, -0.2) is 41.5 Å². The van der Waals surface area contributed by atoms with Crippen molar-refractivity contribution >= 4 is 6.09 Å². The highest BCUT2D eigenvalue weighted by Crippen LogP contribution is 2.20. The lowest BCUT2D eigenvalue weighted by Crippen LogP contribution is -2.36. The predicted molar refractivity (Wildman–Crippen MR) is 92.3 cm³/mol. The van der Waals surface area contributed by atoms with E-state index in [1.54, 1.807) is 0 Å². The fourth-order valence-electron chi connectivity index (χ4n) is 2.83. The highest BCUT2D eigenvalue weighted by Gasteiger charge is 2.17. The van der Waals surface area contributed by atoms with Crippen molar-refractivity contribution in [1.82, 2.24) is 20.8 Å². The van der Waals surface area contributed by atoms with E-state index in [0.29, 0.717) is 13.1 Å². The van der Waals surface area contributed by atoms with Crippen LogP contribution in [0.2, 0.25) is 0 Å². The van der Waals surface area contributed by atoms with Gasteiger partial charge in [0.05, 0.1) is 5.69 Å². The van der Waals surface area contributed by atoms with Crippen LogP contribution in [-0.2, 0) is 24.0 Å². The molecule has 1 aliphatic rings. The molecule has 0 bridgehead atoms. The van der Waals surface area contributed by atoms with E-state index in [-0.39, 0.29) is 5.56 Å². The zero-order chi connectivity index (χ0) is 17.6. The van der Waals surface area contributed by atoms with E-state index in [1.807, 2.05) is 20.8 Å². The van der Waals surface area contributed by atoms with Gasteiger partial charge in [0.1, 0.15) is 5.60 Å². The number of hydrogen-bond donors (Lipinski definition) is 3. The second-order valence-electron chi connectivity index (χ2n) is 7.09. The van der Waals surface area contributed by atoms with E-state index in [4.69, 9.17) is 4.74 Å². The van der Waals surface area contributed by atoms with E-state index in [0.717, 1.165) is 55.5 Å². The number of ether oxygens (including phenoxy) is 1. The molecule has 0 spiro atoms. The number of rotatable bonds is 6. The van der Waals surface area contributed by atoms with Crippen LogP contribution in [0.3, 0.4) is 0 Å². The molecule has 24 heavy (non-hydrogen) atoms. The van der Waals surface area contributed by atoms with Gasteiger partial charge in [-0.05, 0) is 52.0 Å². The van der Waals surface area contributed by atoms with Crippen LogP contribution in [0.25, 0.3) is 0 Å². The van der Waals surface area contributed by atoms with E-state index in [9.17, 15) is 9.59 Å². The molecule has 1 amide bonds. The number of amides is 1. The van der Waals surface area contributed by atoms with Crippen LogP contribution in [0, 0.1) is 0 Å². The first-order chi connectivity index (χ1) is 11.4. The van der Waals surface area contributed by atoms with Crippen LogP contribution in [0.15, 0.2) is 4.79 Å². The minimum atomic E-state index is -0.480. The Balaban J connectivity index is 1.70. The number of nitrogens with zero attached hydrogens (tertiary/aromatic N) is 1. The number of hydrogen-bond acceptors (Lipinski definition) is 5. The molecular formula is C17H28N4O3. The van der Waals surface area contributed by atoms with Gasteiger partial charge in [0, 0.05) is 31.6 Å². The predicted octanol–water partition coefficient (Wildman–Crippen LogP) is 1.31. The summed E-state index contributed by atoms with van der Waals surface area (Å²) >= 11 is 0. The van der Waals surface area contributed by atoms with Gasteiger partial charge < -0.3 is 15.4 Å². The maximum Gasteiger partial charge on any atom is 0.407 e. The van der Waals surface area contributed by atoms with Gasteiger partial charge in [-0.25, -0.2) is 9.89 Å². The van der Waals surface area contributed by atoms with Gasteiger partial charge in [0.15, 0.2) is 0 Å². The number of nitrogens with one attached hydrogen (secondary N) is 3. The summed E-state index contributed by atoms with van der Waals surface area (Å²) in [6.45, 7) is 7.42. The Morgan fingerprint density at radius 2 is 1.88 bits per heavy atom. The quantitative estimate of drug-likeness (QED) is 0.681. The molecule has 1 aromatic rings. The number of carbonyl (C=O) groups excluding carboxylic acids is 1. The summed E-state index contributed by atoms with van der Waals surface area (Å²) in [5.41, 5.74) is 2.52. The maximum atomic E-state index is 11.8. The van der Waals surface area contributed by atoms with Gasteiger partial charge in [-0.2, -0.15) is 5.10 Å². The second-order valence-corrected chi connectivity index (χ2v) is 7.09. The SMILES string of the molecule is CC(C)(C)OC(=O)NCCNCCc1n[nH]c(=O)c2c1CCCC2. The third-order valence-corrected chi connectivity index (χ3v) is 3.89. The van der Waals surface area contributed by atoms with Gasteiger partial charge in [0.2, 0.25) is 0 Å². The summed E-state index contributed by atoms with van der Waals surface area (Å²) in [7, 11) is 0. The molecule has 1 aliphatic carbocycles. The lowest BCUT2D eigenvalue weighted by molar-refractivity contribution is 0.0528. The fourth-order valence-corrected chi connectivity index (χ4v) is 2.83. The van der Waals surface area contributed by atoms with E-state index >= 15 is 0 Å². The van der Waals surface area contributed by atoms with Crippen LogP contribution in [0.4, 0.5) is 4.79 Å². The lowest BCUT2D eigenvalue weighted by atomic mass is 9.91. The number of carbonyl (C=O) groups is 1. The lowest BCUT2D eigenvalue weighted by Gasteiger charge is -2.19. The summed E-state index contributed by atoms with van der Waals surface area (Å²) in [6, 6.07) is 0. The molecule has 3 N–H and O–H groups in total. The average Bonchev–Trinajstić information content (AvgIpc) is 2.51. The smallest absolute Gasteiger partial charge is 0.407 e. The Bertz CT molecular complexity index is 619. The van der Waals surface area contributed by atoms with Crippen molar-refractivity contribution in [2.45, 2.75) is 58.5 Å². The summed E-state index contributed by atoms with van der Waals surface area (Å²) in [5, 5.41) is 12.8. The number of alkyl carbamates (subject to hydrolysis) is 1. The third-order valence-electron chi connectivity index (χ3n) is 3.89. The highest BCUT2D eigenvalue weighted by molar-refractivity contribution is 5.67. The van der Waals surface area contributed by atoms with Crippen molar-refractivity contribution in [3.63, 3.8) is 0 Å². The first-order valence-corrected chi connectivity index (χ1v) is 8.64. The van der Waals surface area contributed by atoms with Gasteiger partial charge in [-0.1, -0.05) is 0 Å². The zero-order valence-electron chi connectivity index (χ0n) is 14.8. The van der Waals surface area contributed by atoms with E-state index in [1.165, 1.54) is 0 Å². The van der Waals surface area contributed by atoms with Crippen molar-refractivity contribution < 1.29 is 9.53 Å². The summed E-state index contributed by atoms with van der Waals surface area (Å²) in [4.78, 5) is 23.3. The van der Waals surface area contributed by atoms with Crippen molar-refractivity contribution in [3.05, 3.63) is 27.2 Å². The largest absolute Gasteiger partial charge is 0.444 e. The number of fused-ring (bicyclic) bond motifs is 1. The number of aromatic amines is 1. The minimum Gasteiger partial charge on any atom is -0.444 e. The van der Waals surface area contributed by atoms with Gasteiger partial charge in [0.25, 0.3) is 5.56 Å². The second kappa shape index (κ2) is 8.28. The molecule has 0 fully saturated rings. The Morgan fingerprint density at radius 1 is 1.17 bits per heavy atom. The summed E-state index contributed by atoms with van der Waals surface area (Å²) < 4.78 is 5.17. The number of aromatic nitrogens is 2. The molecule has 134 valence electrons. The van der Waals surface area contributed by atoms with E-state index < -0.39 is 11.7 Å². The molecule has 0 radical (unpaired) electrons. The standard InChI is InChI=1S/C17H28N4O3/c1-17(2,3)24-16(23)19-11-10-18-9-8-14-12-6-4-5-7-13(12)15(22)21-20-14/h18H,4-11H2,1-3H3,(H,19,23)(H,21,22). The zero-order valence-corrected chi connectivity index (χ0v) is 14.8. The third kappa shape index (κ3) is 5.63. The van der Waals surface area contributed by atoms with E-state index in [2.05, 4.69) is 20.8 Å². The molecule has 7 nitrogen and oxygen atoms in total.